The van der Waals surface area contributed by atoms with Crippen molar-refractivity contribution in [3.8, 4) is 0 Å². The normalized spacial score (nSPS) is 16.2. The third-order valence-electron chi connectivity index (χ3n) is 7.58. The topological polar surface area (TPSA) is 67.3 Å². The lowest BCUT2D eigenvalue weighted by molar-refractivity contribution is -0.161. The van der Waals surface area contributed by atoms with Crippen molar-refractivity contribution in [2.24, 2.45) is 12.5 Å². The zero-order chi connectivity index (χ0) is 26.5. The molecule has 4 aromatic rings. The highest BCUT2D eigenvalue weighted by atomic mass is 79.9. The number of nitrogens with zero attached hydrogens (tertiary/aromatic N) is 2. The Balaban J connectivity index is 1.42. The van der Waals surface area contributed by atoms with Crippen molar-refractivity contribution in [2.75, 3.05) is 13.1 Å². The summed E-state index contributed by atoms with van der Waals surface area (Å²) in [5.41, 5.74) is 3.33. The highest BCUT2D eigenvalue weighted by Crippen LogP contribution is 2.41. The van der Waals surface area contributed by atoms with Gasteiger partial charge >= 0.3 is 5.97 Å². The first-order valence-electron chi connectivity index (χ1n) is 13.0. The van der Waals surface area contributed by atoms with E-state index in [0.29, 0.717) is 36.8 Å². The quantitative estimate of drug-likeness (QED) is 0.277. The molecule has 1 fully saturated rings. The zero-order valence-electron chi connectivity index (χ0n) is 21.5. The second-order valence-electron chi connectivity index (χ2n) is 10.1. The Hall–Kier alpha value is -3.42. The Bertz CT molecular complexity index is 1410. The molecular weight excluding hydrogens is 542 g/mol. The van der Waals surface area contributed by atoms with Gasteiger partial charge in [0.2, 0.25) is 0 Å². The standard InChI is InChI=1S/C31H32BrN3O3/c1-34-28(26(32)29(36)33-34)27(25-15-9-4-10-16-25)35-19-17-31(18-20-35,21-23-11-5-2-6-12-23)30(37)38-22-24-13-7-3-8-14-24/h2-16,27H,17-22H2,1H3,(H,33,36). The van der Waals surface area contributed by atoms with Gasteiger partial charge in [0.15, 0.2) is 0 Å². The van der Waals surface area contributed by atoms with Gasteiger partial charge in [0, 0.05) is 20.1 Å². The zero-order valence-corrected chi connectivity index (χ0v) is 23.1. The van der Waals surface area contributed by atoms with Crippen molar-refractivity contribution >= 4 is 21.9 Å². The lowest BCUT2D eigenvalue weighted by Crippen LogP contribution is -2.47. The molecule has 0 spiro atoms. The van der Waals surface area contributed by atoms with Crippen LogP contribution in [0.4, 0.5) is 0 Å². The van der Waals surface area contributed by atoms with E-state index in [0.717, 1.165) is 22.4 Å². The molecule has 1 aliphatic rings. The van der Waals surface area contributed by atoms with Crippen LogP contribution in [0.2, 0.25) is 0 Å². The average Bonchev–Trinajstić information content (AvgIpc) is 3.21. The van der Waals surface area contributed by atoms with Crippen LogP contribution in [0.1, 0.15) is 41.3 Å². The summed E-state index contributed by atoms with van der Waals surface area (Å²) in [6.45, 7) is 1.66. The molecular formula is C31H32BrN3O3. The highest BCUT2D eigenvalue weighted by molar-refractivity contribution is 9.10. The van der Waals surface area contributed by atoms with Gasteiger partial charge in [-0.1, -0.05) is 91.0 Å². The summed E-state index contributed by atoms with van der Waals surface area (Å²) in [6.07, 6.45) is 1.96. The van der Waals surface area contributed by atoms with Gasteiger partial charge in [-0.3, -0.25) is 24.3 Å². The lowest BCUT2D eigenvalue weighted by Gasteiger charge is -2.43. The van der Waals surface area contributed by atoms with Crippen molar-refractivity contribution in [2.45, 2.75) is 31.9 Å². The number of benzene rings is 3. The number of carbonyl (C=O) groups is 1. The molecule has 3 aromatic carbocycles. The van der Waals surface area contributed by atoms with E-state index in [1.807, 2.05) is 73.8 Å². The number of esters is 1. The minimum Gasteiger partial charge on any atom is -0.460 e. The predicted molar refractivity (Wildman–Crippen MR) is 152 cm³/mol. The smallest absolute Gasteiger partial charge is 0.312 e. The molecule has 0 bridgehead atoms. The fraction of sp³-hybridized carbons (Fsp3) is 0.290. The molecule has 0 saturated carbocycles. The van der Waals surface area contributed by atoms with Crippen molar-refractivity contribution in [1.82, 2.24) is 14.7 Å². The summed E-state index contributed by atoms with van der Waals surface area (Å²) in [7, 11) is 1.86. The number of aryl methyl sites for hydroxylation is 1. The molecule has 1 N–H and O–H groups in total. The Morgan fingerprint density at radius 1 is 0.921 bits per heavy atom. The van der Waals surface area contributed by atoms with Gasteiger partial charge in [-0.15, -0.1) is 0 Å². The van der Waals surface area contributed by atoms with Gasteiger partial charge in [-0.25, -0.2) is 0 Å². The monoisotopic (exact) mass is 573 g/mol. The van der Waals surface area contributed by atoms with Crippen LogP contribution < -0.4 is 5.56 Å². The molecule has 1 saturated heterocycles. The van der Waals surface area contributed by atoms with Gasteiger partial charge in [0.05, 0.1) is 17.2 Å². The molecule has 196 valence electrons. The Labute approximate surface area is 231 Å². The van der Waals surface area contributed by atoms with Crippen LogP contribution in [0.25, 0.3) is 0 Å². The summed E-state index contributed by atoms with van der Waals surface area (Å²) in [5.74, 6) is -0.142. The number of nitrogens with one attached hydrogen (secondary N) is 1. The Morgan fingerprint density at radius 3 is 2.03 bits per heavy atom. The van der Waals surface area contributed by atoms with Crippen molar-refractivity contribution < 1.29 is 9.53 Å². The maximum absolute atomic E-state index is 13.7. The molecule has 0 radical (unpaired) electrons. The maximum Gasteiger partial charge on any atom is 0.312 e. The first-order valence-corrected chi connectivity index (χ1v) is 13.7. The number of piperidine rings is 1. The first kappa shape index (κ1) is 26.2. The van der Waals surface area contributed by atoms with Crippen LogP contribution in [0, 0.1) is 5.41 Å². The van der Waals surface area contributed by atoms with E-state index < -0.39 is 5.41 Å². The van der Waals surface area contributed by atoms with Gasteiger partial charge < -0.3 is 4.74 Å². The molecule has 5 rings (SSSR count). The number of hydrogen-bond acceptors (Lipinski definition) is 4. The molecule has 1 unspecified atom stereocenters. The fourth-order valence-electron chi connectivity index (χ4n) is 5.53. The van der Waals surface area contributed by atoms with E-state index in [9.17, 15) is 9.59 Å². The van der Waals surface area contributed by atoms with E-state index in [1.165, 1.54) is 0 Å². The SMILES string of the molecule is Cn1[nH]c(=O)c(Br)c1C(c1ccccc1)N1CCC(Cc2ccccc2)(C(=O)OCc2ccccc2)CC1. The van der Waals surface area contributed by atoms with Crippen LogP contribution in [-0.4, -0.2) is 33.7 Å². The molecule has 7 heteroatoms. The number of halogens is 1. The van der Waals surface area contributed by atoms with Crippen molar-refractivity contribution in [3.63, 3.8) is 0 Å². The van der Waals surface area contributed by atoms with Crippen molar-refractivity contribution in [1.29, 1.82) is 0 Å². The van der Waals surface area contributed by atoms with Crippen LogP contribution in [-0.2, 0) is 29.6 Å². The lowest BCUT2D eigenvalue weighted by atomic mass is 9.73. The summed E-state index contributed by atoms with van der Waals surface area (Å²) in [5, 5.41) is 2.88. The van der Waals surface area contributed by atoms with Gasteiger partial charge in [0.25, 0.3) is 5.56 Å². The van der Waals surface area contributed by atoms with E-state index in [2.05, 4.69) is 50.2 Å². The van der Waals surface area contributed by atoms with Crippen LogP contribution >= 0.6 is 15.9 Å². The predicted octanol–water partition coefficient (Wildman–Crippen LogP) is 5.63. The van der Waals surface area contributed by atoms with Gasteiger partial charge in [0.1, 0.15) is 11.1 Å². The fourth-order valence-corrected chi connectivity index (χ4v) is 6.10. The molecule has 6 nitrogen and oxygen atoms in total. The second-order valence-corrected chi connectivity index (χ2v) is 10.8. The van der Waals surface area contributed by atoms with Gasteiger partial charge in [-0.05, 0) is 51.9 Å². The third-order valence-corrected chi connectivity index (χ3v) is 8.35. The molecule has 0 aliphatic carbocycles. The van der Waals surface area contributed by atoms with E-state index >= 15 is 0 Å². The summed E-state index contributed by atoms with van der Waals surface area (Å²) in [4.78, 5) is 28.6. The number of ether oxygens (including phenoxy) is 1. The molecule has 38 heavy (non-hydrogen) atoms. The van der Waals surface area contributed by atoms with Crippen LogP contribution in [0.3, 0.4) is 0 Å². The highest BCUT2D eigenvalue weighted by Gasteiger charge is 2.45. The number of rotatable bonds is 8. The van der Waals surface area contributed by atoms with Crippen LogP contribution in [0.5, 0.6) is 0 Å². The number of carbonyl (C=O) groups excluding carboxylic acids is 1. The number of hydrogen-bond donors (Lipinski definition) is 1. The first-order chi connectivity index (χ1) is 18.5. The van der Waals surface area contributed by atoms with Gasteiger partial charge in [-0.2, -0.15) is 0 Å². The molecule has 1 aromatic heterocycles. The number of H-pyrrole nitrogens is 1. The third kappa shape index (κ3) is 5.54. The number of likely N-dealkylation sites (tertiary alicyclic amines) is 1. The summed E-state index contributed by atoms with van der Waals surface area (Å²) >= 11 is 3.53. The number of aromatic nitrogens is 2. The average molecular weight is 575 g/mol. The molecule has 1 aliphatic heterocycles. The van der Waals surface area contributed by atoms with E-state index in [4.69, 9.17) is 4.74 Å². The minimum absolute atomic E-state index is 0.135. The second kappa shape index (κ2) is 11.5. The molecule has 1 atom stereocenters. The maximum atomic E-state index is 13.7. The molecule has 0 amide bonds. The molecule has 2 heterocycles. The van der Waals surface area contributed by atoms with E-state index in [1.54, 1.807) is 4.68 Å². The van der Waals surface area contributed by atoms with Crippen LogP contribution in [0.15, 0.2) is 100 Å². The Kier molecular flexibility index (Phi) is 7.95. The minimum atomic E-state index is -0.616. The summed E-state index contributed by atoms with van der Waals surface area (Å²) in [6, 6.07) is 30.1. The number of aromatic amines is 1. The van der Waals surface area contributed by atoms with Crippen molar-refractivity contribution in [3.05, 3.63) is 128 Å². The summed E-state index contributed by atoms with van der Waals surface area (Å²) < 4.78 is 8.27. The largest absolute Gasteiger partial charge is 0.460 e. The Morgan fingerprint density at radius 2 is 1.47 bits per heavy atom. The van der Waals surface area contributed by atoms with E-state index in [-0.39, 0.29) is 24.2 Å².